The molecule has 0 aliphatic rings. The Bertz CT molecular complexity index is 207. The van der Waals surface area contributed by atoms with E-state index in [1.807, 2.05) is 5.32 Å². The van der Waals surface area contributed by atoms with E-state index in [0.29, 0.717) is 0 Å². The molecule has 0 saturated carbocycles. The Morgan fingerprint density at radius 1 is 1.06 bits per heavy atom. The van der Waals surface area contributed by atoms with Crippen molar-refractivity contribution in [1.82, 2.24) is 10.6 Å². The molecule has 0 rings (SSSR count). The molecule has 4 N–H and O–H groups in total. The Kier molecular flexibility index (Phi) is 9.70. The summed E-state index contributed by atoms with van der Waals surface area (Å²) in [7, 11) is 0. The second-order valence-corrected chi connectivity index (χ2v) is 3.86. The fourth-order valence-corrected chi connectivity index (χ4v) is 1.41. The number of hydrogen-bond acceptors (Lipinski definition) is 3. The van der Waals surface area contributed by atoms with Crippen LogP contribution >= 0.6 is 0 Å². The molecule has 5 nitrogen and oxygen atoms in total. The van der Waals surface area contributed by atoms with Gasteiger partial charge in [0, 0.05) is 0 Å². The molecule has 0 aromatic carbocycles. The van der Waals surface area contributed by atoms with E-state index in [0.717, 1.165) is 13.0 Å². The summed E-state index contributed by atoms with van der Waals surface area (Å²) in [5.41, 5.74) is 4.79. The molecule has 0 heterocycles. The number of hydrogen-bond donors (Lipinski definition) is 3. The highest BCUT2D eigenvalue weighted by molar-refractivity contribution is 5.94. The first kappa shape index (κ1) is 14.9. The number of nitrogens with one attached hydrogen (secondary N) is 2. The minimum absolute atomic E-state index is 0.151. The van der Waals surface area contributed by atoms with Crippen LogP contribution in [0.1, 0.15) is 45.4 Å². The quantitative estimate of drug-likeness (QED) is 0.518. The van der Waals surface area contributed by atoms with Gasteiger partial charge in [-0.15, -0.1) is 0 Å². The van der Waals surface area contributed by atoms with Crippen LogP contribution in [0.3, 0.4) is 0 Å². The highest BCUT2D eigenvalue weighted by Gasteiger charge is 2.01. The van der Waals surface area contributed by atoms with Crippen molar-refractivity contribution in [3.63, 3.8) is 0 Å². The summed E-state index contributed by atoms with van der Waals surface area (Å²) in [6, 6.07) is -0.800. The van der Waals surface area contributed by atoms with E-state index in [1.165, 1.54) is 32.1 Å². The van der Waals surface area contributed by atoms with E-state index in [4.69, 9.17) is 5.73 Å². The van der Waals surface area contributed by atoms with E-state index in [-0.39, 0.29) is 12.5 Å². The zero-order chi connectivity index (χ0) is 12.2. The number of unbranched alkanes of at least 4 members (excludes halogenated alkanes) is 5. The Morgan fingerprint density at radius 2 is 1.69 bits per heavy atom. The highest BCUT2D eigenvalue weighted by Crippen LogP contribution is 2.03. The number of nitrogens with two attached hydrogens (primary N) is 1. The fourth-order valence-electron chi connectivity index (χ4n) is 1.41. The molecule has 0 aliphatic carbocycles. The van der Waals surface area contributed by atoms with Gasteiger partial charge in [0.2, 0.25) is 5.91 Å². The molecule has 5 heteroatoms. The zero-order valence-corrected chi connectivity index (χ0v) is 10.1. The van der Waals surface area contributed by atoms with Crippen molar-refractivity contribution in [1.29, 1.82) is 0 Å². The van der Waals surface area contributed by atoms with E-state index in [2.05, 4.69) is 12.2 Å². The summed E-state index contributed by atoms with van der Waals surface area (Å²) in [5.74, 6) is -0.376. The van der Waals surface area contributed by atoms with Gasteiger partial charge in [0.1, 0.15) is 0 Å². The molecule has 94 valence electrons. The molecule has 0 fully saturated rings. The number of primary amides is 1. The van der Waals surface area contributed by atoms with Gasteiger partial charge in [0.25, 0.3) is 0 Å². The van der Waals surface area contributed by atoms with Crippen LogP contribution in [0.25, 0.3) is 0 Å². The van der Waals surface area contributed by atoms with Crippen LogP contribution in [0.4, 0.5) is 4.79 Å². The number of urea groups is 1. The Hall–Kier alpha value is -1.10. The number of imide groups is 1. The Balaban J connectivity index is 3.14. The molecule has 0 atom stereocenters. The van der Waals surface area contributed by atoms with Gasteiger partial charge in [0.15, 0.2) is 0 Å². The first-order valence-electron chi connectivity index (χ1n) is 5.96. The van der Waals surface area contributed by atoms with Crippen LogP contribution in [0.2, 0.25) is 0 Å². The Morgan fingerprint density at radius 3 is 2.31 bits per heavy atom. The van der Waals surface area contributed by atoms with Crippen molar-refractivity contribution in [3.8, 4) is 0 Å². The third kappa shape index (κ3) is 11.0. The number of amides is 3. The van der Waals surface area contributed by atoms with Gasteiger partial charge in [-0.1, -0.05) is 39.0 Å². The van der Waals surface area contributed by atoms with Gasteiger partial charge in [-0.05, 0) is 13.0 Å². The molecule has 0 aromatic heterocycles. The summed E-state index contributed by atoms with van der Waals surface area (Å²) in [5, 5.41) is 4.96. The van der Waals surface area contributed by atoms with E-state index >= 15 is 0 Å². The lowest BCUT2D eigenvalue weighted by Gasteiger charge is -2.04. The molecule has 0 unspecified atom stereocenters. The van der Waals surface area contributed by atoms with Crippen LogP contribution in [0, 0.1) is 0 Å². The molecular formula is C11H23N3O2. The highest BCUT2D eigenvalue weighted by atomic mass is 16.2. The van der Waals surface area contributed by atoms with E-state index < -0.39 is 6.03 Å². The molecule has 3 amide bonds. The van der Waals surface area contributed by atoms with E-state index in [1.54, 1.807) is 0 Å². The lowest BCUT2D eigenvalue weighted by Crippen LogP contribution is -2.40. The van der Waals surface area contributed by atoms with E-state index in [9.17, 15) is 9.59 Å². The standard InChI is InChI=1S/C11H23N3O2/c1-2-3-4-5-6-7-8-13-9-10(15)14-11(12)16/h13H,2-9H2,1H3,(H3,12,14,15,16). The summed E-state index contributed by atoms with van der Waals surface area (Å²) in [4.78, 5) is 21.3. The third-order valence-corrected chi connectivity index (χ3v) is 2.26. The predicted octanol–water partition coefficient (Wildman–Crippen LogP) is 1.13. The summed E-state index contributed by atoms with van der Waals surface area (Å²) < 4.78 is 0. The first-order chi connectivity index (χ1) is 7.66. The van der Waals surface area contributed by atoms with Crippen LogP contribution in [-0.4, -0.2) is 25.0 Å². The average Bonchev–Trinajstić information content (AvgIpc) is 2.21. The second-order valence-electron chi connectivity index (χ2n) is 3.86. The fraction of sp³-hybridized carbons (Fsp3) is 0.818. The van der Waals surface area contributed by atoms with Crippen molar-refractivity contribution in [2.45, 2.75) is 45.4 Å². The number of carbonyl (C=O) groups is 2. The van der Waals surface area contributed by atoms with Crippen LogP contribution in [0.5, 0.6) is 0 Å². The zero-order valence-electron chi connectivity index (χ0n) is 10.1. The van der Waals surface area contributed by atoms with Crippen molar-refractivity contribution in [2.75, 3.05) is 13.1 Å². The summed E-state index contributed by atoms with van der Waals surface area (Å²) in [6.07, 6.45) is 7.35. The molecule has 0 radical (unpaired) electrons. The molecule has 16 heavy (non-hydrogen) atoms. The maximum atomic E-state index is 11.0. The molecule has 0 aromatic rings. The monoisotopic (exact) mass is 229 g/mol. The van der Waals surface area contributed by atoms with Crippen molar-refractivity contribution in [2.24, 2.45) is 5.73 Å². The molecular weight excluding hydrogens is 206 g/mol. The molecule has 0 bridgehead atoms. The normalized spacial score (nSPS) is 10.1. The topological polar surface area (TPSA) is 84.2 Å². The maximum Gasteiger partial charge on any atom is 0.318 e. The summed E-state index contributed by atoms with van der Waals surface area (Å²) >= 11 is 0. The lowest BCUT2D eigenvalue weighted by molar-refractivity contribution is -0.119. The molecule has 0 saturated heterocycles. The van der Waals surface area contributed by atoms with Gasteiger partial charge in [-0.25, -0.2) is 4.79 Å². The minimum Gasteiger partial charge on any atom is -0.351 e. The average molecular weight is 229 g/mol. The third-order valence-electron chi connectivity index (χ3n) is 2.26. The minimum atomic E-state index is -0.800. The van der Waals surface area contributed by atoms with Gasteiger partial charge < -0.3 is 11.1 Å². The van der Waals surface area contributed by atoms with Crippen LogP contribution in [0.15, 0.2) is 0 Å². The number of carbonyl (C=O) groups excluding carboxylic acids is 2. The van der Waals surface area contributed by atoms with Crippen LogP contribution in [-0.2, 0) is 4.79 Å². The SMILES string of the molecule is CCCCCCCCNCC(=O)NC(N)=O. The number of rotatable bonds is 9. The lowest BCUT2D eigenvalue weighted by atomic mass is 10.1. The second kappa shape index (κ2) is 10.4. The van der Waals surface area contributed by atoms with Gasteiger partial charge in [-0.3, -0.25) is 10.1 Å². The maximum absolute atomic E-state index is 11.0. The van der Waals surface area contributed by atoms with Gasteiger partial charge in [-0.2, -0.15) is 0 Å². The van der Waals surface area contributed by atoms with Crippen molar-refractivity contribution < 1.29 is 9.59 Å². The summed E-state index contributed by atoms with van der Waals surface area (Å²) in [6.45, 7) is 3.15. The largest absolute Gasteiger partial charge is 0.351 e. The van der Waals surface area contributed by atoms with Crippen molar-refractivity contribution >= 4 is 11.9 Å². The van der Waals surface area contributed by atoms with Crippen molar-refractivity contribution in [3.05, 3.63) is 0 Å². The van der Waals surface area contributed by atoms with Gasteiger partial charge >= 0.3 is 6.03 Å². The molecule has 0 spiro atoms. The first-order valence-corrected chi connectivity index (χ1v) is 5.96. The van der Waals surface area contributed by atoms with Crippen LogP contribution < -0.4 is 16.4 Å². The Labute approximate surface area is 97.2 Å². The molecule has 0 aliphatic heterocycles. The smallest absolute Gasteiger partial charge is 0.318 e. The van der Waals surface area contributed by atoms with Gasteiger partial charge in [0.05, 0.1) is 6.54 Å². The predicted molar refractivity (Wildman–Crippen MR) is 64.0 cm³/mol.